The number of nitro groups is 1. The number of ether oxygens (including phenoxy) is 1. The second kappa shape index (κ2) is 5.65. The van der Waals surface area contributed by atoms with Gasteiger partial charge >= 0.3 is 0 Å². The first-order chi connectivity index (χ1) is 8.33. The highest BCUT2D eigenvalue weighted by Crippen LogP contribution is 2.28. The Morgan fingerprint density at radius 3 is 2.67 bits per heavy atom. The Morgan fingerprint density at radius 2 is 2.17 bits per heavy atom. The molecule has 0 aliphatic heterocycles. The van der Waals surface area contributed by atoms with E-state index < -0.39 is 14.9 Å². The summed E-state index contributed by atoms with van der Waals surface area (Å²) in [7, 11) is -2.20. The fourth-order valence-electron chi connectivity index (χ4n) is 1.27. The summed E-state index contributed by atoms with van der Waals surface area (Å²) in [5, 5.41) is 18.3. The van der Waals surface area contributed by atoms with Gasteiger partial charge < -0.3 is 10.1 Å². The largest absolute Gasteiger partial charge is 0.496 e. The van der Waals surface area contributed by atoms with Crippen LogP contribution in [0.1, 0.15) is 0 Å². The highest BCUT2D eigenvalue weighted by atomic mass is 32.2. The molecule has 8 nitrogen and oxygen atoms in total. The average molecular weight is 275 g/mol. The van der Waals surface area contributed by atoms with Gasteiger partial charge in [0, 0.05) is 6.54 Å². The van der Waals surface area contributed by atoms with E-state index in [2.05, 4.69) is 5.32 Å². The Balaban J connectivity index is 2.85. The van der Waals surface area contributed by atoms with Crippen LogP contribution in [0.5, 0.6) is 5.75 Å². The molecule has 100 valence electrons. The van der Waals surface area contributed by atoms with Crippen molar-refractivity contribution in [2.75, 3.05) is 24.7 Å². The average Bonchev–Trinajstić information content (AvgIpc) is 2.27. The van der Waals surface area contributed by atoms with Crippen molar-refractivity contribution in [1.29, 1.82) is 0 Å². The lowest BCUT2D eigenvalue weighted by Crippen LogP contribution is -2.22. The lowest BCUT2D eigenvalue weighted by molar-refractivity contribution is -0.384. The summed E-state index contributed by atoms with van der Waals surface area (Å²) in [6.07, 6.45) is 0. The van der Waals surface area contributed by atoms with Crippen LogP contribution in [0.2, 0.25) is 0 Å². The monoisotopic (exact) mass is 275 g/mol. The zero-order chi connectivity index (χ0) is 13.8. The molecule has 1 aromatic rings. The highest BCUT2D eigenvalue weighted by molar-refractivity contribution is 7.89. The van der Waals surface area contributed by atoms with Gasteiger partial charge in [-0.2, -0.15) is 0 Å². The van der Waals surface area contributed by atoms with Crippen molar-refractivity contribution in [1.82, 2.24) is 0 Å². The van der Waals surface area contributed by atoms with Gasteiger partial charge in [-0.3, -0.25) is 10.1 Å². The molecule has 0 amide bonds. The molecule has 0 atom stereocenters. The van der Waals surface area contributed by atoms with Gasteiger partial charge in [-0.05, 0) is 12.1 Å². The molecule has 0 spiro atoms. The van der Waals surface area contributed by atoms with Gasteiger partial charge in [0.25, 0.3) is 5.69 Å². The fraction of sp³-hybridized carbons (Fsp3) is 0.333. The summed E-state index contributed by atoms with van der Waals surface area (Å²) < 4.78 is 26.3. The molecular formula is C9H13N3O5S. The van der Waals surface area contributed by atoms with Crippen molar-refractivity contribution in [3.63, 3.8) is 0 Å². The number of nitrogens with zero attached hydrogens (tertiary/aromatic N) is 1. The van der Waals surface area contributed by atoms with E-state index in [1.807, 2.05) is 0 Å². The fourth-order valence-corrected chi connectivity index (χ4v) is 1.65. The van der Waals surface area contributed by atoms with Crippen molar-refractivity contribution in [3.8, 4) is 5.75 Å². The number of primary sulfonamides is 1. The van der Waals surface area contributed by atoms with Crippen LogP contribution in [0.3, 0.4) is 0 Å². The maximum atomic E-state index is 10.8. The van der Waals surface area contributed by atoms with E-state index >= 15 is 0 Å². The van der Waals surface area contributed by atoms with Gasteiger partial charge in [0.05, 0.1) is 23.9 Å². The predicted molar refractivity (Wildman–Crippen MR) is 66.1 cm³/mol. The molecule has 18 heavy (non-hydrogen) atoms. The molecular weight excluding hydrogens is 262 g/mol. The van der Waals surface area contributed by atoms with Crippen molar-refractivity contribution in [3.05, 3.63) is 28.3 Å². The molecule has 0 radical (unpaired) electrons. The van der Waals surface area contributed by atoms with Crippen LogP contribution in [-0.2, 0) is 10.0 Å². The quantitative estimate of drug-likeness (QED) is 0.568. The van der Waals surface area contributed by atoms with Gasteiger partial charge in [0.1, 0.15) is 11.4 Å². The van der Waals surface area contributed by atoms with Gasteiger partial charge in [0.2, 0.25) is 10.0 Å². The van der Waals surface area contributed by atoms with E-state index in [0.29, 0.717) is 5.75 Å². The standard InChI is InChI=1S/C9H13N3O5S/c1-17-7-2-3-8(9(6-7)12(13)14)11-4-5-18(10,15)16/h2-3,6,11H,4-5H2,1H3,(H2,10,15,16). The minimum Gasteiger partial charge on any atom is -0.496 e. The third kappa shape index (κ3) is 4.18. The van der Waals surface area contributed by atoms with E-state index in [9.17, 15) is 18.5 Å². The molecule has 1 rings (SSSR count). The summed E-state index contributed by atoms with van der Waals surface area (Å²) in [5.41, 5.74) is 0.0215. The van der Waals surface area contributed by atoms with Gasteiger partial charge in [-0.15, -0.1) is 0 Å². The first-order valence-corrected chi connectivity index (χ1v) is 6.62. The van der Waals surface area contributed by atoms with Crippen LogP contribution in [0.25, 0.3) is 0 Å². The van der Waals surface area contributed by atoms with E-state index in [4.69, 9.17) is 9.88 Å². The first kappa shape index (κ1) is 14.2. The van der Waals surface area contributed by atoms with Crippen LogP contribution in [0.15, 0.2) is 18.2 Å². The Morgan fingerprint density at radius 1 is 1.50 bits per heavy atom. The molecule has 3 N–H and O–H groups in total. The maximum absolute atomic E-state index is 10.8. The molecule has 0 aliphatic rings. The zero-order valence-corrected chi connectivity index (χ0v) is 10.4. The Bertz CT molecular complexity index is 543. The SMILES string of the molecule is COc1ccc(NCCS(N)(=O)=O)c([N+](=O)[O-])c1. The molecule has 0 heterocycles. The van der Waals surface area contributed by atoms with Gasteiger partial charge in [-0.1, -0.05) is 0 Å². The number of sulfonamides is 1. The van der Waals surface area contributed by atoms with E-state index in [0.717, 1.165) is 0 Å². The Kier molecular flexibility index (Phi) is 4.45. The lowest BCUT2D eigenvalue weighted by Gasteiger charge is -2.07. The number of anilines is 1. The van der Waals surface area contributed by atoms with Gasteiger partial charge in [0.15, 0.2) is 0 Å². The second-order valence-electron chi connectivity index (χ2n) is 3.43. The number of methoxy groups -OCH3 is 1. The molecule has 0 aromatic heterocycles. The summed E-state index contributed by atoms with van der Waals surface area (Å²) in [6.45, 7) is -0.00793. The second-order valence-corrected chi connectivity index (χ2v) is 5.17. The molecule has 0 saturated carbocycles. The van der Waals surface area contributed by atoms with Crippen molar-refractivity contribution in [2.24, 2.45) is 5.14 Å². The van der Waals surface area contributed by atoms with Crippen LogP contribution in [-0.4, -0.2) is 32.7 Å². The summed E-state index contributed by atoms with van der Waals surface area (Å²) >= 11 is 0. The highest BCUT2D eigenvalue weighted by Gasteiger charge is 2.15. The molecule has 0 aliphatic carbocycles. The van der Waals surface area contributed by atoms with Crippen LogP contribution >= 0.6 is 0 Å². The van der Waals surface area contributed by atoms with Crippen LogP contribution in [0.4, 0.5) is 11.4 Å². The maximum Gasteiger partial charge on any atom is 0.296 e. The molecule has 0 unspecified atom stereocenters. The van der Waals surface area contributed by atoms with Crippen molar-refractivity contribution in [2.45, 2.75) is 0 Å². The zero-order valence-electron chi connectivity index (χ0n) is 9.62. The normalized spacial score (nSPS) is 11.0. The lowest BCUT2D eigenvalue weighted by atomic mass is 10.2. The topological polar surface area (TPSA) is 125 Å². The Labute approximate surface area is 104 Å². The molecule has 9 heteroatoms. The molecule has 0 fully saturated rings. The minimum absolute atomic E-state index is 0.00793. The van der Waals surface area contributed by atoms with E-state index in [-0.39, 0.29) is 23.7 Å². The van der Waals surface area contributed by atoms with Crippen LogP contribution < -0.4 is 15.2 Å². The number of nitrogens with two attached hydrogens (primary N) is 1. The first-order valence-electron chi connectivity index (χ1n) is 4.90. The molecule has 0 saturated heterocycles. The van der Waals surface area contributed by atoms with E-state index in [1.54, 1.807) is 0 Å². The third-order valence-corrected chi connectivity index (χ3v) is 2.88. The minimum atomic E-state index is -3.60. The summed E-state index contributed by atoms with van der Waals surface area (Å²) in [6, 6.07) is 4.23. The number of rotatable bonds is 6. The summed E-state index contributed by atoms with van der Waals surface area (Å²) in [4.78, 5) is 10.2. The van der Waals surface area contributed by atoms with Gasteiger partial charge in [-0.25, -0.2) is 13.6 Å². The number of hydrogen-bond donors (Lipinski definition) is 2. The number of nitro benzene ring substituents is 1. The van der Waals surface area contributed by atoms with Crippen molar-refractivity contribution < 1.29 is 18.1 Å². The summed E-state index contributed by atoms with van der Waals surface area (Å²) in [5.74, 6) is 0.0367. The third-order valence-electron chi connectivity index (χ3n) is 2.10. The van der Waals surface area contributed by atoms with Crippen LogP contribution in [0, 0.1) is 10.1 Å². The Hall–Kier alpha value is -1.87. The smallest absolute Gasteiger partial charge is 0.296 e. The van der Waals surface area contributed by atoms with Crippen molar-refractivity contribution >= 4 is 21.4 Å². The number of nitrogens with one attached hydrogen (secondary N) is 1. The predicted octanol–water partition coefficient (Wildman–Crippen LogP) is 0.304. The molecule has 0 bridgehead atoms. The molecule has 1 aromatic carbocycles. The number of benzene rings is 1. The van der Waals surface area contributed by atoms with E-state index in [1.165, 1.54) is 25.3 Å². The number of hydrogen-bond acceptors (Lipinski definition) is 6.